The maximum absolute atomic E-state index is 10.7. The molecule has 1 amide bonds. The van der Waals surface area contributed by atoms with E-state index in [-0.39, 0.29) is 12.1 Å². The summed E-state index contributed by atoms with van der Waals surface area (Å²) in [5.74, 6) is -0.898. The molecule has 1 fully saturated rings. The van der Waals surface area contributed by atoms with Crippen molar-refractivity contribution in [2.24, 2.45) is 0 Å². The zero-order valence-corrected chi connectivity index (χ0v) is 14.2. The highest BCUT2D eigenvalue weighted by Crippen LogP contribution is 2.40. The van der Waals surface area contributed by atoms with Crippen molar-refractivity contribution in [1.82, 2.24) is 9.97 Å². The first-order chi connectivity index (χ1) is 12.6. The summed E-state index contributed by atoms with van der Waals surface area (Å²) < 4.78 is 12.4. The van der Waals surface area contributed by atoms with Crippen molar-refractivity contribution in [1.29, 1.82) is 0 Å². The Balaban J connectivity index is 1.82. The van der Waals surface area contributed by atoms with Gasteiger partial charge in [-0.2, -0.15) is 0 Å². The molecule has 2 heterocycles. The summed E-state index contributed by atoms with van der Waals surface area (Å²) in [5, 5.41) is 12.8. The van der Waals surface area contributed by atoms with Gasteiger partial charge >= 0.3 is 0 Å². The van der Waals surface area contributed by atoms with Gasteiger partial charge in [0.15, 0.2) is 0 Å². The third kappa shape index (κ3) is 2.91. The van der Waals surface area contributed by atoms with Crippen molar-refractivity contribution in [3.05, 3.63) is 59.7 Å². The molecule has 1 aromatic heterocycles. The lowest BCUT2D eigenvalue weighted by Gasteiger charge is -2.40. The van der Waals surface area contributed by atoms with E-state index >= 15 is 0 Å². The number of hydrogen-bond donors (Lipinski definition) is 2. The van der Waals surface area contributed by atoms with Crippen molar-refractivity contribution in [2.75, 3.05) is 11.9 Å². The highest BCUT2D eigenvalue weighted by Gasteiger charge is 2.41. The second-order valence-corrected chi connectivity index (χ2v) is 6.28. The number of carbonyl (C=O) groups excluding carboxylic acids is 1. The van der Waals surface area contributed by atoms with Crippen molar-refractivity contribution in [2.45, 2.75) is 25.2 Å². The monoisotopic (exact) mass is 352 g/mol. The number of rotatable bonds is 3. The molecule has 4 rings (SSSR count). The number of ether oxygens (including phenoxy) is 2. The van der Waals surface area contributed by atoms with Crippen LogP contribution in [0, 0.1) is 0 Å². The Hall–Kier alpha value is -2.90. The molecule has 134 valence electrons. The van der Waals surface area contributed by atoms with E-state index in [1.54, 1.807) is 6.07 Å². The number of hydrogen-bond acceptors (Lipinski definition) is 5. The third-order valence-electron chi connectivity index (χ3n) is 4.43. The molecule has 0 aliphatic carbocycles. The molecule has 26 heavy (non-hydrogen) atoms. The molecule has 0 saturated carbocycles. The molecular formula is C19H18N3O4-. The Morgan fingerprint density at radius 3 is 2.81 bits per heavy atom. The standard InChI is InChI=1S/C19H19N3O4/c1-12-9-10-25-19(26-12,13-5-3-2-4-6-13)14-7-8-15-16(11-14)21-17(20-15)22-18(23)24/h2-8,11-12H,9-10H2,1H3,(H,23,24)(H2,20,21,22)/p-1. The van der Waals surface area contributed by atoms with Gasteiger partial charge in [-0.15, -0.1) is 0 Å². The van der Waals surface area contributed by atoms with Gasteiger partial charge in [0.25, 0.3) is 0 Å². The van der Waals surface area contributed by atoms with E-state index in [4.69, 9.17) is 9.47 Å². The summed E-state index contributed by atoms with van der Waals surface area (Å²) in [7, 11) is 0. The summed E-state index contributed by atoms with van der Waals surface area (Å²) in [5.41, 5.74) is 3.02. The summed E-state index contributed by atoms with van der Waals surface area (Å²) in [6.45, 7) is 2.60. The van der Waals surface area contributed by atoms with Gasteiger partial charge in [0.05, 0.1) is 23.7 Å². The highest BCUT2D eigenvalue weighted by atomic mass is 16.7. The van der Waals surface area contributed by atoms with Gasteiger partial charge in [-0.1, -0.05) is 36.4 Å². The molecule has 0 radical (unpaired) electrons. The minimum Gasteiger partial charge on any atom is -0.530 e. The van der Waals surface area contributed by atoms with Crippen LogP contribution < -0.4 is 10.4 Å². The normalized spacial score (nSPS) is 23.0. The molecule has 2 aromatic carbocycles. The van der Waals surface area contributed by atoms with Gasteiger partial charge < -0.3 is 29.7 Å². The van der Waals surface area contributed by atoms with Crippen molar-refractivity contribution in [3.63, 3.8) is 0 Å². The maximum Gasteiger partial charge on any atom is 0.222 e. The lowest BCUT2D eigenvalue weighted by Crippen LogP contribution is -2.42. The number of carboxylic acid groups (broad SMARTS) is 1. The zero-order valence-electron chi connectivity index (χ0n) is 14.2. The lowest BCUT2D eigenvalue weighted by atomic mass is 9.95. The number of H-pyrrole nitrogens is 1. The van der Waals surface area contributed by atoms with Crippen molar-refractivity contribution >= 4 is 23.1 Å². The van der Waals surface area contributed by atoms with Crippen molar-refractivity contribution < 1.29 is 19.4 Å². The van der Waals surface area contributed by atoms with Crippen LogP contribution in [0.4, 0.5) is 10.7 Å². The van der Waals surface area contributed by atoms with E-state index in [1.165, 1.54) is 0 Å². The Morgan fingerprint density at radius 1 is 1.27 bits per heavy atom. The second kappa shape index (κ2) is 6.44. The molecule has 7 nitrogen and oxygen atoms in total. The van der Waals surface area contributed by atoms with E-state index < -0.39 is 11.9 Å². The SMILES string of the molecule is CC1CCOC(c2ccccc2)(c2ccc3nc(NC(=O)[O-])[nH]c3c2)O1. The molecule has 2 unspecified atom stereocenters. The summed E-state index contributed by atoms with van der Waals surface area (Å²) in [6.07, 6.45) is -0.560. The van der Waals surface area contributed by atoms with Gasteiger partial charge in [0.1, 0.15) is 6.09 Å². The predicted octanol–water partition coefficient (Wildman–Crippen LogP) is 2.34. The first-order valence-corrected chi connectivity index (χ1v) is 8.42. The fourth-order valence-electron chi connectivity index (χ4n) is 3.24. The molecule has 2 N–H and O–H groups in total. The lowest BCUT2D eigenvalue weighted by molar-refractivity contribution is -0.274. The van der Waals surface area contributed by atoms with E-state index in [0.717, 1.165) is 17.5 Å². The van der Waals surface area contributed by atoms with Crippen molar-refractivity contribution in [3.8, 4) is 0 Å². The first-order valence-electron chi connectivity index (χ1n) is 8.42. The minimum atomic E-state index is -1.42. The maximum atomic E-state index is 10.7. The highest BCUT2D eigenvalue weighted by molar-refractivity contribution is 5.84. The van der Waals surface area contributed by atoms with E-state index in [0.29, 0.717) is 17.6 Å². The second-order valence-electron chi connectivity index (χ2n) is 6.28. The molecule has 2 atom stereocenters. The van der Waals surface area contributed by atoms with Gasteiger partial charge in [-0.3, -0.25) is 0 Å². The van der Waals surface area contributed by atoms with Crippen LogP contribution in [0.2, 0.25) is 0 Å². The molecule has 3 aromatic rings. The summed E-state index contributed by atoms with van der Waals surface area (Å²) in [4.78, 5) is 17.8. The number of amides is 1. The number of fused-ring (bicyclic) bond motifs is 1. The summed E-state index contributed by atoms with van der Waals surface area (Å²) >= 11 is 0. The molecule has 0 bridgehead atoms. The minimum absolute atomic E-state index is 0.0386. The van der Waals surface area contributed by atoms with E-state index in [9.17, 15) is 9.90 Å². The number of aromatic amines is 1. The molecule has 7 heteroatoms. The Morgan fingerprint density at radius 2 is 2.08 bits per heavy atom. The smallest absolute Gasteiger partial charge is 0.222 e. The number of benzene rings is 2. The summed E-state index contributed by atoms with van der Waals surface area (Å²) in [6, 6.07) is 15.3. The quantitative estimate of drug-likeness (QED) is 0.754. The van der Waals surface area contributed by atoms with Crippen LogP contribution in [-0.2, 0) is 15.3 Å². The van der Waals surface area contributed by atoms with E-state index in [1.807, 2.05) is 49.4 Å². The molecule has 0 spiro atoms. The predicted molar refractivity (Wildman–Crippen MR) is 93.5 cm³/mol. The first kappa shape index (κ1) is 16.6. The average Bonchev–Trinajstić information content (AvgIpc) is 3.03. The number of nitrogens with zero attached hydrogens (tertiary/aromatic N) is 1. The fourth-order valence-corrected chi connectivity index (χ4v) is 3.24. The number of aromatic nitrogens is 2. The van der Waals surface area contributed by atoms with Crippen LogP contribution in [-0.4, -0.2) is 28.8 Å². The van der Waals surface area contributed by atoms with Crippen LogP contribution in [0.5, 0.6) is 0 Å². The van der Waals surface area contributed by atoms with Crippen LogP contribution >= 0.6 is 0 Å². The van der Waals surface area contributed by atoms with Gasteiger partial charge in [0, 0.05) is 11.1 Å². The van der Waals surface area contributed by atoms with Crippen LogP contribution in [0.15, 0.2) is 48.5 Å². The Kier molecular flexibility index (Phi) is 4.10. The van der Waals surface area contributed by atoms with Crippen LogP contribution in [0.25, 0.3) is 11.0 Å². The topological polar surface area (TPSA) is 99.3 Å². The largest absolute Gasteiger partial charge is 0.530 e. The number of carbonyl (C=O) groups is 1. The van der Waals surface area contributed by atoms with Gasteiger partial charge in [0.2, 0.25) is 11.7 Å². The Labute approximate surface area is 150 Å². The molecule has 1 aliphatic heterocycles. The number of imidazole rings is 1. The van der Waals surface area contributed by atoms with Gasteiger partial charge in [-0.05, 0) is 25.5 Å². The van der Waals surface area contributed by atoms with Crippen LogP contribution in [0.3, 0.4) is 0 Å². The average molecular weight is 352 g/mol. The zero-order chi connectivity index (χ0) is 18.1. The molecule has 1 saturated heterocycles. The van der Waals surface area contributed by atoms with Gasteiger partial charge in [-0.25, -0.2) is 4.98 Å². The van der Waals surface area contributed by atoms with Crippen LogP contribution in [0.1, 0.15) is 24.5 Å². The molecular weight excluding hydrogens is 334 g/mol. The Bertz CT molecular complexity index is 940. The van der Waals surface area contributed by atoms with E-state index in [2.05, 4.69) is 15.3 Å². The fraction of sp³-hybridized carbons (Fsp3) is 0.263. The third-order valence-corrected chi connectivity index (χ3v) is 4.43. The number of nitrogens with one attached hydrogen (secondary N) is 2. The number of anilines is 1. The molecule has 1 aliphatic rings.